The summed E-state index contributed by atoms with van der Waals surface area (Å²) in [6.07, 6.45) is 2.52. The molecule has 0 radical (unpaired) electrons. The Morgan fingerprint density at radius 2 is 0.818 bits per heavy atom. The SMILES string of the molecule is CC(=O)c1cccc(Cl)c1.CC(C)(C)OC(=O)Nc1cc(N)ncn1.CC(C)(C)OC(=O)Nc1cc(Nc2cc(Cl)c3n(c2=O)C(C)(c2cccc(Cl)c2)NC3=O)ncn1.Cc1cc(Br)c(=O)[nH]c1C(N)=O.Cc1cc(Br)c(=O)n2c1C(=O)NC2(C)c1cccc(Cl)c1.Cc1cc(Nc2cc(N)ncn2)c(=O)n2c1C(=O)NC2(C)c1cccc(Cl)c1. The Morgan fingerprint density at radius 3 is 1.23 bits per heavy atom. The van der Waals surface area contributed by atoms with Crippen molar-refractivity contribution in [1.29, 1.82) is 0 Å². The first-order chi connectivity index (χ1) is 56.6. The van der Waals surface area contributed by atoms with E-state index in [-0.39, 0.29) is 85.3 Å². The van der Waals surface area contributed by atoms with Crippen molar-refractivity contribution in [2.75, 3.05) is 32.7 Å². The number of carbonyl (C=O) groups excluding carboxylic acids is 7. The molecule has 630 valence electrons. The number of amides is 6. The normalized spacial score (nSPS) is 15.7. The van der Waals surface area contributed by atoms with Crippen LogP contribution in [-0.4, -0.2) is 101 Å². The predicted octanol–water partition coefficient (Wildman–Crippen LogP) is 14.4. The maximum atomic E-state index is 13.5. The van der Waals surface area contributed by atoms with Crippen molar-refractivity contribution in [3.8, 4) is 0 Å². The summed E-state index contributed by atoms with van der Waals surface area (Å²) in [4.78, 5) is 159. The molecule has 6 amide bonds. The molecule has 0 fully saturated rings. The number of hydrogen-bond donors (Lipinski definition) is 11. The van der Waals surface area contributed by atoms with Crippen LogP contribution in [0.25, 0.3) is 0 Å². The number of carbonyl (C=O) groups is 7. The highest BCUT2D eigenvalue weighted by Gasteiger charge is 2.46. The van der Waals surface area contributed by atoms with Crippen molar-refractivity contribution in [3.05, 3.63) is 296 Å². The number of benzene rings is 4. The zero-order valence-corrected chi connectivity index (χ0v) is 73.7. The second-order valence-corrected chi connectivity index (χ2v) is 33.1. The fraction of sp³-hybridized carbons (Fsp3) is 0.222. The van der Waals surface area contributed by atoms with E-state index in [1.165, 1.54) is 63.9 Å². The van der Waals surface area contributed by atoms with Gasteiger partial charge in [-0.25, -0.2) is 39.5 Å². The van der Waals surface area contributed by atoms with Gasteiger partial charge in [0.2, 0.25) is 0 Å². The summed E-state index contributed by atoms with van der Waals surface area (Å²) in [7, 11) is 0. The fourth-order valence-corrected chi connectivity index (χ4v) is 14.3. The van der Waals surface area contributed by atoms with Crippen LogP contribution in [0.4, 0.5) is 55.9 Å². The van der Waals surface area contributed by atoms with Crippen LogP contribution in [0.2, 0.25) is 25.1 Å². The number of anilines is 8. The zero-order valence-electron chi connectivity index (χ0n) is 66.7. The summed E-state index contributed by atoms with van der Waals surface area (Å²) < 4.78 is 15.3. The van der Waals surface area contributed by atoms with Crippen LogP contribution in [0.3, 0.4) is 0 Å². The Labute approximate surface area is 732 Å². The van der Waals surface area contributed by atoms with Crippen LogP contribution in [0.5, 0.6) is 0 Å². The van der Waals surface area contributed by atoms with Crippen molar-refractivity contribution in [2.24, 2.45) is 5.73 Å². The third kappa shape index (κ3) is 22.6. The van der Waals surface area contributed by atoms with Crippen LogP contribution in [-0.2, 0) is 26.5 Å². The molecule has 3 aliphatic rings. The Bertz CT molecular complexity index is 6200. The Kier molecular flexibility index (Phi) is 29.0. The number of fused-ring (bicyclic) bond motifs is 3. The lowest BCUT2D eigenvalue weighted by Crippen LogP contribution is -2.46. The maximum Gasteiger partial charge on any atom is 0.413 e. The second kappa shape index (κ2) is 37.9. The Morgan fingerprint density at radius 1 is 0.455 bits per heavy atom. The number of primary amides is 1. The number of nitrogen functional groups attached to an aromatic ring is 2. The van der Waals surface area contributed by atoms with E-state index in [0.717, 1.165) is 11.1 Å². The van der Waals surface area contributed by atoms with Gasteiger partial charge in [-0.2, -0.15) is 0 Å². The maximum absolute atomic E-state index is 13.5. The predicted molar refractivity (Wildman–Crippen MR) is 470 cm³/mol. The second-order valence-electron chi connectivity index (χ2n) is 29.3. The number of aromatic amines is 1. The molecule has 3 aliphatic heterocycles. The number of ketones is 1. The van der Waals surface area contributed by atoms with E-state index in [4.69, 9.17) is 84.7 Å². The molecule has 0 saturated carbocycles. The van der Waals surface area contributed by atoms with Gasteiger partial charge in [0, 0.05) is 43.9 Å². The standard InChI is InChI=1S/C23H22Cl2N6O4.C19H17ClN6O2.C15H12BrClN2O2.C9H14N4O2.C8H7ClO.C7H7BrN2O2/c1-22(2,3)35-21(34)29-17-10-16(26-11-27-17)28-15-9-14(25)18-19(32)30-23(4,31(18)20(15)33)12-6-5-7-13(24)8-12;1-10-6-13(24-15-8-14(21)22-9-23-15)18(28)26-16(10)17(27)25-19(26,2)11-4-3-5-12(20)7-11;1-8-6-11(16)14(21)19-12(8)13(20)18-15(19,2)9-4-3-5-10(17)7-9;1-9(2,3)15-8(14)13-7-4-6(10)11-5-12-7;1-6(10)7-3-2-4-8(9)5-7;1-3-2-4(8)7(12)10-5(3)6(9)11/h5-11H,1-4H3,(H,30,32)(H2,26,27,28,29,34);3-9H,1-2H3,(H,25,27)(H3,21,22,23,24);3-7H,1-2H3,(H,18,20);4-5H,1-3H3,(H3,10,11,12,13,14);2-5H,1H3;2H,1H3,(H2,9,11)(H,10,12). The average molecular weight is 1880 g/mol. The van der Waals surface area contributed by atoms with Gasteiger partial charge in [-0.3, -0.25) is 67.5 Å². The number of nitrogens with two attached hydrogens (primary N) is 3. The molecule has 4 aromatic carbocycles. The van der Waals surface area contributed by atoms with Crippen LogP contribution in [0.1, 0.15) is 155 Å². The summed E-state index contributed by atoms with van der Waals surface area (Å²) in [6.45, 7) is 22.6. The summed E-state index contributed by atoms with van der Waals surface area (Å²) in [5, 5.41) is 21.6. The van der Waals surface area contributed by atoms with E-state index in [2.05, 4.69) is 104 Å². The van der Waals surface area contributed by atoms with Crippen molar-refractivity contribution in [3.63, 3.8) is 0 Å². The molecule has 3 atom stereocenters. The molecule has 11 aromatic rings. The van der Waals surface area contributed by atoms with Crippen molar-refractivity contribution >= 4 is 178 Å². The number of pyridine rings is 4. The van der Waals surface area contributed by atoms with Crippen molar-refractivity contribution in [2.45, 2.75) is 118 Å². The average Bonchev–Trinajstić information content (AvgIpc) is 1.59. The van der Waals surface area contributed by atoms with Gasteiger partial charge in [-0.15, -0.1) is 0 Å². The molecule has 7 aromatic heterocycles. The summed E-state index contributed by atoms with van der Waals surface area (Å²) in [5.41, 5.74) is 16.0. The first kappa shape index (κ1) is 92.5. The number of nitrogens with one attached hydrogen (secondary N) is 8. The highest BCUT2D eigenvalue weighted by Crippen LogP contribution is 2.37. The number of rotatable bonds is 11. The third-order valence-electron chi connectivity index (χ3n) is 17.6. The molecule has 10 heterocycles. The lowest BCUT2D eigenvalue weighted by Gasteiger charge is -2.28. The smallest absolute Gasteiger partial charge is 0.413 e. The molecule has 121 heavy (non-hydrogen) atoms. The van der Waals surface area contributed by atoms with Gasteiger partial charge in [0.15, 0.2) is 5.78 Å². The van der Waals surface area contributed by atoms with Gasteiger partial charge >= 0.3 is 12.2 Å². The zero-order chi connectivity index (χ0) is 89.3. The fourth-order valence-electron chi connectivity index (χ4n) is 12.3. The first-order valence-corrected chi connectivity index (χ1v) is 39.5. The van der Waals surface area contributed by atoms with E-state index in [0.29, 0.717) is 79.9 Å². The minimum atomic E-state index is -1.23. The molecule has 14 N–H and O–H groups in total. The number of ether oxygens (including phenoxy) is 2. The van der Waals surface area contributed by atoms with Crippen LogP contribution >= 0.6 is 89.9 Å². The lowest BCUT2D eigenvalue weighted by molar-refractivity contribution is 0.0624. The molecule has 14 rings (SSSR count). The minimum Gasteiger partial charge on any atom is -0.444 e. The van der Waals surface area contributed by atoms with Gasteiger partial charge in [-0.05, 0) is 228 Å². The number of H-pyrrole nitrogens is 1. The molecule has 0 bridgehead atoms. The molecule has 0 spiro atoms. The number of halogens is 7. The number of aromatic nitrogens is 10. The van der Waals surface area contributed by atoms with Gasteiger partial charge in [0.1, 0.15) is 116 Å². The molecular weight excluding hydrogens is 1800 g/mol. The molecule has 33 nitrogen and oxygen atoms in total. The number of nitrogens with zero attached hydrogens (tertiary/aromatic N) is 9. The van der Waals surface area contributed by atoms with Gasteiger partial charge in [0.25, 0.3) is 45.9 Å². The Balaban J connectivity index is 0.000000174. The number of Topliss-reactive ketones (excluding diaryl/α,β-unsaturated/α-hetero) is 1. The number of hydrogen-bond acceptors (Lipinski definition) is 23. The topological polar surface area (TPSA) is 476 Å². The van der Waals surface area contributed by atoms with Gasteiger partial charge < -0.3 is 58.2 Å². The third-order valence-corrected chi connectivity index (χ3v) is 20.0. The largest absolute Gasteiger partial charge is 0.444 e. The number of aryl methyl sites for hydroxylation is 3. The van der Waals surface area contributed by atoms with Crippen molar-refractivity contribution in [1.82, 2.24) is 64.5 Å². The first-order valence-electron chi connectivity index (χ1n) is 36.0. The quantitative estimate of drug-likeness (QED) is 0.0536. The van der Waals surface area contributed by atoms with Gasteiger partial charge in [0.05, 0.1) is 14.0 Å². The van der Waals surface area contributed by atoms with E-state index < -0.39 is 57.8 Å². The van der Waals surface area contributed by atoms with Crippen LogP contribution < -0.4 is 76.7 Å². The van der Waals surface area contributed by atoms with Crippen molar-refractivity contribution < 1.29 is 43.0 Å². The molecule has 0 aliphatic carbocycles. The summed E-state index contributed by atoms with van der Waals surface area (Å²) >= 11 is 36.7. The van der Waals surface area contributed by atoms with E-state index in [9.17, 15) is 52.7 Å². The highest BCUT2D eigenvalue weighted by atomic mass is 79.9. The summed E-state index contributed by atoms with van der Waals surface area (Å²) in [6, 6.07) is 38.5. The van der Waals surface area contributed by atoms with E-state index >= 15 is 0 Å². The summed E-state index contributed by atoms with van der Waals surface area (Å²) in [5.74, 6) is -0.0393. The monoisotopic (exact) mass is 1870 g/mol. The van der Waals surface area contributed by atoms with E-state index in [1.54, 1.807) is 186 Å². The molecule has 3 unspecified atom stereocenters. The van der Waals surface area contributed by atoms with Crippen LogP contribution in [0, 0.1) is 20.8 Å². The molecule has 40 heteroatoms. The van der Waals surface area contributed by atoms with Gasteiger partial charge in [-0.1, -0.05) is 107 Å². The molecule has 0 saturated heterocycles. The lowest BCUT2D eigenvalue weighted by atomic mass is 10.0. The van der Waals surface area contributed by atoms with Crippen LogP contribution in [0.15, 0.2) is 187 Å². The minimum absolute atomic E-state index is 0.0275. The highest BCUT2D eigenvalue weighted by molar-refractivity contribution is 9.10. The van der Waals surface area contributed by atoms with E-state index in [1.807, 2.05) is 12.1 Å². The molecular formula is C81H79Br2Cl5N20O13. The Hall–Kier alpha value is -12.4.